The lowest BCUT2D eigenvalue weighted by molar-refractivity contribution is -0.124. The number of nitrogens with zero attached hydrogens (tertiary/aromatic N) is 1. The Morgan fingerprint density at radius 1 is 1.42 bits per heavy atom. The molecule has 1 amide bonds. The molecule has 1 aliphatic rings. The van der Waals surface area contributed by atoms with E-state index in [-0.39, 0.29) is 5.91 Å². The van der Waals surface area contributed by atoms with Crippen molar-refractivity contribution in [2.75, 3.05) is 20.1 Å². The van der Waals surface area contributed by atoms with E-state index in [1.165, 1.54) is 19.3 Å². The number of carbonyl (C=O) groups excluding carboxylic acids is 1. The molecule has 112 valence electrons. The molecule has 0 aromatic rings. The van der Waals surface area contributed by atoms with Crippen LogP contribution < -0.4 is 11.1 Å². The molecule has 1 atom stereocenters. The van der Waals surface area contributed by atoms with Gasteiger partial charge < -0.3 is 16.0 Å². The Morgan fingerprint density at radius 2 is 2.05 bits per heavy atom. The summed E-state index contributed by atoms with van der Waals surface area (Å²) in [6, 6.07) is 0.510. The van der Waals surface area contributed by atoms with Gasteiger partial charge in [-0.3, -0.25) is 4.79 Å². The van der Waals surface area contributed by atoms with E-state index in [1.807, 2.05) is 6.92 Å². The first kappa shape index (κ1) is 16.4. The molecule has 4 nitrogen and oxygen atoms in total. The Bertz CT molecular complexity index is 289. The standard InChI is InChI=1S/C15H31N3O/c1-12(2)8-11-18(4)10-5-9-15(3,14(16)19)17-13-6-7-13/h12-13,17H,5-11H2,1-4H3,(H2,16,19). The zero-order valence-electron chi connectivity index (χ0n) is 13.0. The minimum Gasteiger partial charge on any atom is -0.368 e. The second-order valence-corrected chi connectivity index (χ2v) is 6.70. The van der Waals surface area contributed by atoms with Crippen LogP contribution in [0.5, 0.6) is 0 Å². The molecule has 1 unspecified atom stereocenters. The van der Waals surface area contributed by atoms with Crippen molar-refractivity contribution in [1.82, 2.24) is 10.2 Å². The highest BCUT2D eigenvalue weighted by atomic mass is 16.1. The van der Waals surface area contributed by atoms with Gasteiger partial charge in [-0.25, -0.2) is 0 Å². The fourth-order valence-corrected chi connectivity index (χ4v) is 2.24. The molecular weight excluding hydrogens is 238 g/mol. The topological polar surface area (TPSA) is 58.4 Å². The number of hydrogen-bond acceptors (Lipinski definition) is 3. The van der Waals surface area contributed by atoms with E-state index in [1.54, 1.807) is 0 Å². The summed E-state index contributed by atoms with van der Waals surface area (Å²) in [6.45, 7) is 8.60. The molecule has 3 N–H and O–H groups in total. The van der Waals surface area contributed by atoms with Crippen molar-refractivity contribution < 1.29 is 4.79 Å². The molecule has 0 heterocycles. The third-order valence-corrected chi connectivity index (χ3v) is 3.95. The SMILES string of the molecule is CC(C)CCN(C)CCCC(C)(NC1CC1)C(N)=O. The Morgan fingerprint density at radius 3 is 2.53 bits per heavy atom. The van der Waals surface area contributed by atoms with E-state index in [2.05, 4.69) is 31.1 Å². The molecule has 0 spiro atoms. The van der Waals surface area contributed by atoms with E-state index in [0.29, 0.717) is 6.04 Å². The van der Waals surface area contributed by atoms with Gasteiger partial charge in [-0.2, -0.15) is 0 Å². The predicted molar refractivity (Wildman–Crippen MR) is 79.9 cm³/mol. The molecule has 19 heavy (non-hydrogen) atoms. The second kappa shape index (κ2) is 7.25. The van der Waals surface area contributed by atoms with Crippen molar-refractivity contribution in [2.24, 2.45) is 11.7 Å². The summed E-state index contributed by atoms with van der Waals surface area (Å²) in [5, 5.41) is 3.40. The average Bonchev–Trinajstić information content (AvgIpc) is 3.10. The van der Waals surface area contributed by atoms with Crippen LogP contribution in [0.3, 0.4) is 0 Å². The number of hydrogen-bond donors (Lipinski definition) is 2. The lowest BCUT2D eigenvalue weighted by Crippen LogP contribution is -2.54. The monoisotopic (exact) mass is 269 g/mol. The first-order valence-corrected chi connectivity index (χ1v) is 7.59. The van der Waals surface area contributed by atoms with Gasteiger partial charge in [0.05, 0.1) is 5.54 Å². The van der Waals surface area contributed by atoms with Crippen LogP contribution in [-0.4, -0.2) is 42.5 Å². The van der Waals surface area contributed by atoms with Crippen molar-refractivity contribution in [3.05, 3.63) is 0 Å². The number of rotatable bonds is 10. The zero-order chi connectivity index (χ0) is 14.5. The van der Waals surface area contributed by atoms with Crippen molar-refractivity contribution in [3.8, 4) is 0 Å². The highest BCUT2D eigenvalue weighted by Gasteiger charge is 2.36. The summed E-state index contributed by atoms with van der Waals surface area (Å²) in [5.41, 5.74) is 5.02. The highest BCUT2D eigenvalue weighted by Crippen LogP contribution is 2.24. The Labute approximate surface area is 118 Å². The smallest absolute Gasteiger partial charge is 0.237 e. The number of carbonyl (C=O) groups is 1. The largest absolute Gasteiger partial charge is 0.368 e. The molecule has 1 fully saturated rings. The summed E-state index contributed by atoms with van der Waals surface area (Å²) in [6.07, 6.45) is 5.41. The van der Waals surface area contributed by atoms with Gasteiger partial charge in [0.1, 0.15) is 0 Å². The number of nitrogens with one attached hydrogen (secondary N) is 1. The Kier molecular flexibility index (Phi) is 6.27. The maximum atomic E-state index is 11.6. The van der Waals surface area contributed by atoms with Gasteiger partial charge in [-0.05, 0) is 65.1 Å². The quantitative estimate of drug-likeness (QED) is 0.635. The van der Waals surface area contributed by atoms with Crippen LogP contribution in [0, 0.1) is 5.92 Å². The van der Waals surface area contributed by atoms with Crippen molar-refractivity contribution >= 4 is 5.91 Å². The van der Waals surface area contributed by atoms with Crippen LogP contribution in [0.1, 0.15) is 52.9 Å². The van der Waals surface area contributed by atoms with E-state index in [9.17, 15) is 4.79 Å². The maximum absolute atomic E-state index is 11.6. The van der Waals surface area contributed by atoms with E-state index in [0.717, 1.165) is 31.8 Å². The van der Waals surface area contributed by atoms with Crippen molar-refractivity contribution in [1.29, 1.82) is 0 Å². The third kappa shape index (κ3) is 6.39. The number of primary amides is 1. The normalized spacial score (nSPS) is 18.8. The summed E-state index contributed by atoms with van der Waals surface area (Å²) in [4.78, 5) is 14.0. The summed E-state index contributed by atoms with van der Waals surface area (Å²) >= 11 is 0. The molecular formula is C15H31N3O. The van der Waals surface area contributed by atoms with Gasteiger partial charge in [0.25, 0.3) is 0 Å². The molecule has 1 saturated carbocycles. The van der Waals surface area contributed by atoms with Crippen LogP contribution in [0.15, 0.2) is 0 Å². The molecule has 0 aromatic heterocycles. The first-order chi connectivity index (χ1) is 8.83. The van der Waals surface area contributed by atoms with Crippen LogP contribution in [0.2, 0.25) is 0 Å². The van der Waals surface area contributed by atoms with Crippen LogP contribution in [-0.2, 0) is 4.79 Å². The van der Waals surface area contributed by atoms with Gasteiger partial charge in [0, 0.05) is 6.04 Å². The summed E-state index contributed by atoms with van der Waals surface area (Å²) in [5.74, 6) is 0.527. The molecule has 0 bridgehead atoms. The number of amides is 1. The first-order valence-electron chi connectivity index (χ1n) is 7.59. The molecule has 0 radical (unpaired) electrons. The summed E-state index contributed by atoms with van der Waals surface area (Å²) in [7, 11) is 2.15. The maximum Gasteiger partial charge on any atom is 0.237 e. The third-order valence-electron chi connectivity index (χ3n) is 3.95. The lowest BCUT2D eigenvalue weighted by Gasteiger charge is -2.28. The van der Waals surface area contributed by atoms with Crippen LogP contribution >= 0.6 is 0 Å². The molecule has 0 aromatic carbocycles. The van der Waals surface area contributed by atoms with E-state index in [4.69, 9.17) is 5.73 Å². The fraction of sp³-hybridized carbons (Fsp3) is 0.933. The minimum absolute atomic E-state index is 0.218. The Hall–Kier alpha value is -0.610. The molecule has 1 aliphatic carbocycles. The minimum atomic E-state index is -0.528. The zero-order valence-corrected chi connectivity index (χ0v) is 13.0. The fourth-order valence-electron chi connectivity index (χ4n) is 2.24. The average molecular weight is 269 g/mol. The predicted octanol–water partition coefficient (Wildman–Crippen LogP) is 1.74. The number of nitrogens with two attached hydrogens (primary N) is 1. The van der Waals surface area contributed by atoms with Crippen molar-refractivity contribution in [2.45, 2.75) is 64.5 Å². The lowest BCUT2D eigenvalue weighted by atomic mass is 9.94. The van der Waals surface area contributed by atoms with Crippen molar-refractivity contribution in [3.63, 3.8) is 0 Å². The van der Waals surface area contributed by atoms with Crippen LogP contribution in [0.4, 0.5) is 0 Å². The summed E-state index contributed by atoms with van der Waals surface area (Å²) < 4.78 is 0. The van der Waals surface area contributed by atoms with Crippen LogP contribution in [0.25, 0.3) is 0 Å². The van der Waals surface area contributed by atoms with Gasteiger partial charge in [0.2, 0.25) is 5.91 Å². The van der Waals surface area contributed by atoms with E-state index >= 15 is 0 Å². The van der Waals surface area contributed by atoms with Gasteiger partial charge >= 0.3 is 0 Å². The van der Waals surface area contributed by atoms with E-state index < -0.39 is 5.54 Å². The van der Waals surface area contributed by atoms with Gasteiger partial charge in [0.15, 0.2) is 0 Å². The Balaban J connectivity index is 2.25. The molecule has 1 rings (SSSR count). The molecule has 4 heteroatoms. The molecule has 0 saturated heterocycles. The van der Waals surface area contributed by atoms with Gasteiger partial charge in [-0.15, -0.1) is 0 Å². The highest BCUT2D eigenvalue weighted by molar-refractivity contribution is 5.84. The van der Waals surface area contributed by atoms with Gasteiger partial charge in [-0.1, -0.05) is 13.8 Å². The molecule has 0 aliphatic heterocycles. The second-order valence-electron chi connectivity index (χ2n) is 6.70.